The van der Waals surface area contributed by atoms with Gasteiger partial charge in [-0.2, -0.15) is 0 Å². The average molecular weight is 115 g/mol. The van der Waals surface area contributed by atoms with Crippen molar-refractivity contribution in [1.29, 1.82) is 0 Å². The first-order valence-corrected chi connectivity index (χ1v) is 2.74. The number of aromatic nitrogens is 1. The Balaban J connectivity index is 0.000000640. The molecule has 0 bridgehead atoms. The van der Waals surface area contributed by atoms with Crippen LogP contribution in [0.25, 0.3) is 0 Å². The van der Waals surface area contributed by atoms with Crippen LogP contribution in [0.3, 0.4) is 0 Å². The van der Waals surface area contributed by atoms with Gasteiger partial charge in [0.05, 0.1) is 0 Å². The van der Waals surface area contributed by atoms with E-state index in [1.807, 2.05) is 13.1 Å². The predicted octanol–water partition coefficient (Wildman–Crippen LogP) is -1.88. The van der Waals surface area contributed by atoms with Gasteiger partial charge < -0.3 is 0 Å². The van der Waals surface area contributed by atoms with Crippen LogP contribution >= 0.6 is 0 Å². The summed E-state index contributed by atoms with van der Waals surface area (Å²) in [5, 5.41) is 0. The molecule has 1 rings (SSSR count). The third-order valence-electron chi connectivity index (χ3n) is 1.12. The van der Waals surface area contributed by atoms with Crippen molar-refractivity contribution >= 4 is 0 Å². The van der Waals surface area contributed by atoms with Crippen LogP contribution in [0.15, 0.2) is 18.3 Å². The Morgan fingerprint density at radius 3 is 2.22 bits per heavy atom. The van der Waals surface area contributed by atoms with Crippen molar-refractivity contribution in [3.63, 3.8) is 0 Å². The Morgan fingerprint density at radius 1 is 1.22 bits per heavy atom. The van der Waals surface area contributed by atoms with Crippen LogP contribution in [0.2, 0.25) is 0 Å². The fourth-order valence-corrected chi connectivity index (χ4v) is 0.580. The van der Waals surface area contributed by atoms with Gasteiger partial charge in [-0.05, 0) is 13.0 Å². The molecule has 0 unspecified atom stereocenters. The van der Waals surface area contributed by atoms with E-state index in [2.05, 4.69) is 24.0 Å². The van der Waals surface area contributed by atoms with Gasteiger partial charge in [-0.15, -0.1) is 0 Å². The molecule has 0 aliphatic carbocycles. The van der Waals surface area contributed by atoms with E-state index in [0.717, 1.165) is 0 Å². The quantitative estimate of drug-likeness (QED) is 0.351. The molecule has 0 saturated carbocycles. The minimum atomic E-state index is 0. The van der Waals surface area contributed by atoms with Gasteiger partial charge in [0.25, 0.3) is 0 Å². The van der Waals surface area contributed by atoms with Crippen molar-refractivity contribution in [2.24, 2.45) is 0 Å². The van der Waals surface area contributed by atoms with Crippen molar-refractivity contribution in [3.8, 4) is 0 Å². The number of pyridine rings is 1. The Labute approximate surface area is 67.7 Å². The van der Waals surface area contributed by atoms with E-state index in [9.17, 15) is 0 Å². The van der Waals surface area contributed by atoms with Crippen LogP contribution in [-0.2, 0) is 0 Å². The summed E-state index contributed by atoms with van der Waals surface area (Å²) in [5.74, 6) is 0. The Kier molecular flexibility index (Phi) is 3.61. The Morgan fingerprint density at radius 2 is 1.89 bits per heavy atom. The number of aromatic amines is 1. The van der Waals surface area contributed by atoms with Gasteiger partial charge in [-0.1, -0.05) is 0 Å². The van der Waals surface area contributed by atoms with Crippen molar-refractivity contribution in [1.82, 2.24) is 0 Å². The maximum Gasteiger partial charge on any atom is 1.00 e. The molecule has 0 aromatic carbocycles. The zero-order valence-electron chi connectivity index (χ0n) is 6.23. The molecule has 0 atom stereocenters. The molecular formula is C7H10LiN+2. The van der Waals surface area contributed by atoms with Gasteiger partial charge in [0.2, 0.25) is 0 Å². The van der Waals surface area contributed by atoms with Gasteiger partial charge in [0.1, 0.15) is 0 Å². The van der Waals surface area contributed by atoms with Crippen molar-refractivity contribution < 1.29 is 23.8 Å². The van der Waals surface area contributed by atoms with Gasteiger partial charge in [-0.25, -0.2) is 4.98 Å². The minimum Gasteiger partial charge on any atom is -0.215 e. The summed E-state index contributed by atoms with van der Waals surface area (Å²) < 4.78 is 0. The molecule has 1 aromatic rings. The second kappa shape index (κ2) is 3.71. The summed E-state index contributed by atoms with van der Waals surface area (Å²) in [7, 11) is 0. The van der Waals surface area contributed by atoms with E-state index in [1.54, 1.807) is 0 Å². The molecule has 1 nitrogen and oxygen atoms in total. The first-order chi connectivity index (χ1) is 3.79. The summed E-state index contributed by atoms with van der Waals surface area (Å²) >= 11 is 0. The number of rotatable bonds is 0. The molecule has 0 saturated heterocycles. The number of H-pyrrole nitrogens is 1. The Bertz CT molecular complexity index is 148. The van der Waals surface area contributed by atoms with E-state index in [4.69, 9.17) is 0 Å². The number of hydrogen-bond acceptors (Lipinski definition) is 0. The molecule has 0 aliphatic rings. The molecule has 9 heavy (non-hydrogen) atoms. The SMILES string of the molecule is Cc1ccc(C)[nH+]c1.[Li+]. The Hall–Kier alpha value is -0.253. The average Bonchev–Trinajstić information content (AvgIpc) is 1.77. The number of hydrogen-bond donors (Lipinski definition) is 0. The van der Waals surface area contributed by atoms with Crippen LogP contribution in [0.5, 0.6) is 0 Å². The normalized spacial score (nSPS) is 8.22. The topological polar surface area (TPSA) is 14.1 Å². The van der Waals surface area contributed by atoms with E-state index in [-0.39, 0.29) is 18.9 Å². The molecule has 0 fully saturated rings. The zero-order chi connectivity index (χ0) is 5.98. The molecule has 1 N–H and O–H groups in total. The second-order valence-electron chi connectivity index (χ2n) is 2.05. The molecule has 42 valence electrons. The predicted molar refractivity (Wildman–Crippen MR) is 32.5 cm³/mol. The molecular weight excluding hydrogens is 105 g/mol. The molecule has 1 aromatic heterocycles. The molecule has 0 aliphatic heterocycles. The number of aryl methyl sites for hydroxylation is 2. The van der Waals surface area contributed by atoms with Gasteiger partial charge in [0.15, 0.2) is 11.9 Å². The summed E-state index contributed by atoms with van der Waals surface area (Å²) in [6.45, 7) is 4.11. The summed E-state index contributed by atoms with van der Waals surface area (Å²) in [5.41, 5.74) is 2.48. The van der Waals surface area contributed by atoms with Crippen molar-refractivity contribution in [2.45, 2.75) is 13.8 Å². The van der Waals surface area contributed by atoms with Crippen LogP contribution in [0.1, 0.15) is 11.3 Å². The third kappa shape index (κ3) is 2.69. The van der Waals surface area contributed by atoms with Crippen LogP contribution < -0.4 is 23.8 Å². The van der Waals surface area contributed by atoms with Crippen molar-refractivity contribution in [3.05, 3.63) is 29.6 Å². The van der Waals surface area contributed by atoms with Gasteiger partial charge in [-0.3, -0.25) is 0 Å². The molecule has 2 heteroatoms. The smallest absolute Gasteiger partial charge is 0.215 e. The van der Waals surface area contributed by atoms with Crippen LogP contribution in [0, 0.1) is 13.8 Å². The third-order valence-corrected chi connectivity index (χ3v) is 1.12. The first-order valence-electron chi connectivity index (χ1n) is 2.74. The molecule has 0 radical (unpaired) electrons. The van der Waals surface area contributed by atoms with Gasteiger partial charge >= 0.3 is 18.9 Å². The maximum atomic E-state index is 3.10. The van der Waals surface area contributed by atoms with Crippen molar-refractivity contribution in [2.75, 3.05) is 0 Å². The monoisotopic (exact) mass is 115 g/mol. The summed E-state index contributed by atoms with van der Waals surface area (Å²) in [6, 6.07) is 4.15. The zero-order valence-corrected chi connectivity index (χ0v) is 6.23. The van der Waals surface area contributed by atoms with Crippen LogP contribution in [-0.4, -0.2) is 0 Å². The second-order valence-corrected chi connectivity index (χ2v) is 2.05. The van der Waals surface area contributed by atoms with E-state index < -0.39 is 0 Å². The summed E-state index contributed by atoms with van der Waals surface area (Å²) in [6.07, 6.45) is 2.00. The maximum absolute atomic E-state index is 3.10. The fraction of sp³-hybridized carbons (Fsp3) is 0.286. The standard InChI is InChI=1S/C7H9N.Li/c1-6-3-4-7(2)8-5-6;/h3-5H,1-2H3;/q;+1/p+1. The summed E-state index contributed by atoms with van der Waals surface area (Å²) in [4.78, 5) is 3.10. The molecule has 0 amide bonds. The largest absolute Gasteiger partial charge is 1.00 e. The van der Waals surface area contributed by atoms with Crippen LogP contribution in [0.4, 0.5) is 0 Å². The first kappa shape index (κ1) is 8.75. The van der Waals surface area contributed by atoms with E-state index in [0.29, 0.717) is 0 Å². The van der Waals surface area contributed by atoms with E-state index >= 15 is 0 Å². The number of nitrogens with one attached hydrogen (secondary N) is 1. The van der Waals surface area contributed by atoms with E-state index in [1.165, 1.54) is 11.3 Å². The minimum absolute atomic E-state index is 0. The molecule has 1 heterocycles. The fourth-order valence-electron chi connectivity index (χ4n) is 0.580. The molecule has 0 spiro atoms. The van der Waals surface area contributed by atoms with Gasteiger partial charge in [0, 0.05) is 18.6 Å².